The summed E-state index contributed by atoms with van der Waals surface area (Å²) in [5.41, 5.74) is -0.0294. The molecular formula is C30H33ClF3N3O4S. The summed E-state index contributed by atoms with van der Waals surface area (Å²) in [6, 6.07) is 16.1. The molecule has 3 aromatic rings. The number of carbonyl (C=O) groups excluding carboxylic acids is 2. The summed E-state index contributed by atoms with van der Waals surface area (Å²) in [6.45, 7) is 4.96. The molecule has 226 valence electrons. The van der Waals surface area contributed by atoms with Crippen LogP contribution in [0.3, 0.4) is 0 Å². The largest absolute Gasteiger partial charge is 0.417 e. The lowest BCUT2D eigenvalue weighted by Gasteiger charge is -2.33. The molecule has 0 aliphatic carbocycles. The zero-order valence-corrected chi connectivity index (χ0v) is 25.1. The highest BCUT2D eigenvalue weighted by Gasteiger charge is 2.37. The minimum atomic E-state index is -4.87. The Kier molecular flexibility index (Phi) is 11.0. The van der Waals surface area contributed by atoms with E-state index in [1.165, 1.54) is 29.2 Å². The maximum Gasteiger partial charge on any atom is 0.417 e. The number of carbonyl (C=O) groups is 2. The number of sulfonamides is 1. The number of rotatable bonds is 12. The van der Waals surface area contributed by atoms with Crippen LogP contribution in [-0.4, -0.2) is 44.3 Å². The molecule has 0 bridgehead atoms. The summed E-state index contributed by atoms with van der Waals surface area (Å²) in [4.78, 5) is 28.2. The van der Waals surface area contributed by atoms with E-state index in [2.05, 4.69) is 5.32 Å². The second kappa shape index (κ2) is 14.1. The van der Waals surface area contributed by atoms with Gasteiger partial charge in [0.15, 0.2) is 0 Å². The van der Waals surface area contributed by atoms with Gasteiger partial charge in [-0.1, -0.05) is 73.5 Å². The van der Waals surface area contributed by atoms with E-state index in [4.69, 9.17) is 11.6 Å². The monoisotopic (exact) mass is 623 g/mol. The molecule has 0 aliphatic rings. The minimum absolute atomic E-state index is 0.0216. The summed E-state index contributed by atoms with van der Waals surface area (Å²) in [5, 5.41) is 2.17. The molecule has 0 radical (unpaired) electrons. The quantitative estimate of drug-likeness (QED) is 0.260. The summed E-state index contributed by atoms with van der Waals surface area (Å²) in [6.07, 6.45) is -3.99. The number of halogens is 4. The first kappa shape index (κ1) is 32.9. The third kappa shape index (κ3) is 8.04. The van der Waals surface area contributed by atoms with E-state index in [1.807, 2.05) is 26.0 Å². The second-order valence-corrected chi connectivity index (χ2v) is 12.0. The zero-order valence-electron chi connectivity index (χ0n) is 23.5. The topological polar surface area (TPSA) is 86.8 Å². The number of amides is 2. The Morgan fingerprint density at radius 2 is 1.67 bits per heavy atom. The van der Waals surface area contributed by atoms with Gasteiger partial charge in [0, 0.05) is 13.1 Å². The molecule has 1 atom stereocenters. The summed E-state index contributed by atoms with van der Waals surface area (Å²) in [7, 11) is -4.53. The summed E-state index contributed by atoms with van der Waals surface area (Å²) < 4.78 is 69.5. The van der Waals surface area contributed by atoms with Crippen molar-refractivity contribution in [2.45, 2.75) is 57.3 Å². The van der Waals surface area contributed by atoms with Gasteiger partial charge in [0.25, 0.3) is 10.0 Å². The average molecular weight is 624 g/mol. The van der Waals surface area contributed by atoms with E-state index in [0.29, 0.717) is 28.9 Å². The standard InChI is InChI=1S/C30H33ClF3N3O4S/c1-4-16-35-29(39)27(5-2)36(19-22-11-9-10-21(3)17-22)28(38)20-37(42(40,41)24-12-7-6-8-13-24)23-14-15-26(31)25(18-23)30(32,33)34/h6-15,17-18,27H,4-5,16,19-20H2,1-3H3,(H,35,39)/t27-/m0/s1. The van der Waals surface area contributed by atoms with Crippen molar-refractivity contribution < 1.29 is 31.2 Å². The normalized spacial score (nSPS) is 12.5. The van der Waals surface area contributed by atoms with E-state index >= 15 is 0 Å². The number of benzene rings is 3. The minimum Gasteiger partial charge on any atom is -0.354 e. The lowest BCUT2D eigenvalue weighted by atomic mass is 10.1. The molecule has 0 heterocycles. The van der Waals surface area contributed by atoms with Crippen LogP contribution >= 0.6 is 11.6 Å². The Bertz CT molecular complexity index is 1500. The van der Waals surface area contributed by atoms with Gasteiger partial charge >= 0.3 is 6.18 Å². The number of anilines is 1. The molecule has 0 aromatic heterocycles. The van der Waals surface area contributed by atoms with E-state index in [1.54, 1.807) is 25.1 Å². The van der Waals surface area contributed by atoms with Gasteiger partial charge in [-0.05, 0) is 55.7 Å². The number of nitrogens with zero attached hydrogens (tertiary/aromatic N) is 2. The van der Waals surface area contributed by atoms with Gasteiger partial charge in [0.05, 0.1) is 21.2 Å². The van der Waals surface area contributed by atoms with Crippen LogP contribution in [0.15, 0.2) is 77.7 Å². The number of hydrogen-bond donors (Lipinski definition) is 1. The SMILES string of the molecule is CCCNC(=O)[C@H](CC)N(Cc1cccc(C)c1)C(=O)CN(c1ccc(Cl)c(C(F)(F)F)c1)S(=O)(=O)c1ccccc1. The Morgan fingerprint density at radius 1 is 0.976 bits per heavy atom. The Labute approximate surface area is 249 Å². The van der Waals surface area contributed by atoms with Gasteiger partial charge in [-0.2, -0.15) is 13.2 Å². The molecule has 0 aliphatic heterocycles. The van der Waals surface area contributed by atoms with Crippen molar-refractivity contribution in [3.63, 3.8) is 0 Å². The van der Waals surface area contributed by atoms with Crippen LogP contribution in [0.4, 0.5) is 18.9 Å². The molecule has 7 nitrogen and oxygen atoms in total. The molecule has 42 heavy (non-hydrogen) atoms. The fourth-order valence-electron chi connectivity index (χ4n) is 4.43. The lowest BCUT2D eigenvalue weighted by molar-refractivity contribution is -0.140. The van der Waals surface area contributed by atoms with Crippen molar-refractivity contribution in [3.05, 3.63) is 94.5 Å². The number of alkyl halides is 3. The predicted octanol–water partition coefficient (Wildman–Crippen LogP) is 6.20. The van der Waals surface area contributed by atoms with Crippen molar-refractivity contribution in [2.75, 3.05) is 17.4 Å². The van der Waals surface area contributed by atoms with Gasteiger partial charge in [0.2, 0.25) is 11.8 Å². The first-order valence-electron chi connectivity index (χ1n) is 13.4. The Balaban J connectivity index is 2.13. The van der Waals surface area contributed by atoms with Crippen LogP contribution in [0.2, 0.25) is 5.02 Å². The fraction of sp³-hybridized carbons (Fsp3) is 0.333. The van der Waals surface area contributed by atoms with Gasteiger partial charge in [-0.15, -0.1) is 0 Å². The molecule has 2 amide bonds. The average Bonchev–Trinajstić information content (AvgIpc) is 2.94. The van der Waals surface area contributed by atoms with Crippen LogP contribution in [0.5, 0.6) is 0 Å². The molecular weight excluding hydrogens is 591 g/mol. The van der Waals surface area contributed by atoms with E-state index in [-0.39, 0.29) is 17.9 Å². The number of aryl methyl sites for hydroxylation is 1. The maximum atomic E-state index is 14.0. The molecule has 0 saturated carbocycles. The van der Waals surface area contributed by atoms with E-state index < -0.39 is 56.9 Å². The number of nitrogens with one attached hydrogen (secondary N) is 1. The summed E-state index contributed by atoms with van der Waals surface area (Å²) >= 11 is 5.81. The molecule has 0 fully saturated rings. The highest BCUT2D eigenvalue weighted by molar-refractivity contribution is 7.92. The van der Waals surface area contributed by atoms with Crippen molar-refractivity contribution in [2.24, 2.45) is 0 Å². The van der Waals surface area contributed by atoms with Gasteiger partial charge < -0.3 is 10.2 Å². The smallest absolute Gasteiger partial charge is 0.354 e. The molecule has 1 N–H and O–H groups in total. The highest BCUT2D eigenvalue weighted by atomic mass is 35.5. The first-order chi connectivity index (χ1) is 19.8. The highest BCUT2D eigenvalue weighted by Crippen LogP contribution is 2.38. The molecule has 0 spiro atoms. The summed E-state index contributed by atoms with van der Waals surface area (Å²) in [5.74, 6) is -1.18. The van der Waals surface area contributed by atoms with Crippen LogP contribution in [0.25, 0.3) is 0 Å². The van der Waals surface area contributed by atoms with Crippen molar-refractivity contribution >= 4 is 39.1 Å². The second-order valence-electron chi connectivity index (χ2n) is 9.71. The van der Waals surface area contributed by atoms with Crippen LogP contribution < -0.4 is 9.62 Å². The third-order valence-electron chi connectivity index (χ3n) is 6.52. The third-order valence-corrected chi connectivity index (χ3v) is 8.64. The van der Waals surface area contributed by atoms with Crippen molar-refractivity contribution in [3.8, 4) is 0 Å². The fourth-order valence-corrected chi connectivity index (χ4v) is 6.08. The predicted molar refractivity (Wildman–Crippen MR) is 157 cm³/mol. The molecule has 0 saturated heterocycles. The Morgan fingerprint density at radius 3 is 2.26 bits per heavy atom. The lowest BCUT2D eigenvalue weighted by Crippen LogP contribution is -2.52. The van der Waals surface area contributed by atoms with Gasteiger partial charge in [-0.3, -0.25) is 13.9 Å². The van der Waals surface area contributed by atoms with Crippen LogP contribution in [0, 0.1) is 6.92 Å². The maximum absolute atomic E-state index is 14.0. The van der Waals surface area contributed by atoms with E-state index in [0.717, 1.165) is 17.7 Å². The molecule has 0 unspecified atom stereocenters. The Hall–Kier alpha value is -3.57. The van der Waals surface area contributed by atoms with Crippen LogP contribution in [-0.2, 0) is 32.3 Å². The van der Waals surface area contributed by atoms with Crippen LogP contribution in [0.1, 0.15) is 43.4 Å². The molecule has 12 heteroatoms. The van der Waals surface area contributed by atoms with Crippen molar-refractivity contribution in [1.82, 2.24) is 10.2 Å². The number of hydrogen-bond acceptors (Lipinski definition) is 4. The molecule has 3 aromatic carbocycles. The first-order valence-corrected chi connectivity index (χ1v) is 15.2. The van der Waals surface area contributed by atoms with Crippen molar-refractivity contribution in [1.29, 1.82) is 0 Å². The zero-order chi connectivity index (χ0) is 31.1. The van der Waals surface area contributed by atoms with Gasteiger partial charge in [-0.25, -0.2) is 8.42 Å². The van der Waals surface area contributed by atoms with E-state index in [9.17, 15) is 31.2 Å². The van der Waals surface area contributed by atoms with Gasteiger partial charge in [0.1, 0.15) is 12.6 Å². The molecule has 3 rings (SSSR count).